The van der Waals surface area contributed by atoms with Crippen molar-refractivity contribution in [3.05, 3.63) is 29.8 Å². The molecule has 0 saturated carbocycles. The van der Waals surface area contributed by atoms with Gasteiger partial charge in [-0.2, -0.15) is 0 Å². The van der Waals surface area contributed by atoms with Gasteiger partial charge in [0.2, 0.25) is 0 Å². The third kappa shape index (κ3) is 7.70. The van der Waals surface area contributed by atoms with E-state index < -0.39 is 0 Å². The van der Waals surface area contributed by atoms with Crippen LogP contribution in [-0.4, -0.2) is 49.3 Å². The molecule has 1 aliphatic rings. The zero-order chi connectivity index (χ0) is 18.1. The monoisotopic (exact) mass is 475 g/mol. The highest BCUT2D eigenvalue weighted by Gasteiger charge is 2.21. The van der Waals surface area contributed by atoms with Gasteiger partial charge < -0.3 is 19.7 Å². The SMILES string of the molecule is CCNC(=NCc1cccc(OC(C)C)c1)N1CCC(OCC)CC1.I. The Labute approximate surface area is 175 Å². The van der Waals surface area contributed by atoms with Crippen molar-refractivity contribution < 1.29 is 9.47 Å². The summed E-state index contributed by atoms with van der Waals surface area (Å²) in [6.45, 7) is 12.6. The zero-order valence-corrected chi connectivity index (χ0v) is 18.9. The second kappa shape index (κ2) is 12.4. The summed E-state index contributed by atoms with van der Waals surface area (Å²) in [4.78, 5) is 7.17. The first-order valence-corrected chi connectivity index (χ1v) is 9.52. The van der Waals surface area contributed by atoms with Gasteiger partial charge in [0.25, 0.3) is 0 Å². The number of piperidine rings is 1. The van der Waals surface area contributed by atoms with E-state index in [1.165, 1.54) is 0 Å². The van der Waals surface area contributed by atoms with Crippen molar-refractivity contribution in [3.8, 4) is 5.75 Å². The van der Waals surface area contributed by atoms with E-state index in [1.807, 2.05) is 26.0 Å². The first-order valence-electron chi connectivity index (χ1n) is 9.52. The maximum Gasteiger partial charge on any atom is 0.194 e. The number of hydrogen-bond acceptors (Lipinski definition) is 3. The summed E-state index contributed by atoms with van der Waals surface area (Å²) in [5, 5.41) is 3.42. The Balaban J connectivity index is 0.00000338. The number of benzene rings is 1. The van der Waals surface area contributed by atoms with Crippen LogP contribution >= 0.6 is 24.0 Å². The lowest BCUT2D eigenvalue weighted by atomic mass is 10.1. The molecule has 1 aliphatic heterocycles. The number of rotatable bonds is 7. The van der Waals surface area contributed by atoms with E-state index in [9.17, 15) is 0 Å². The number of nitrogens with zero attached hydrogens (tertiary/aromatic N) is 2. The van der Waals surface area contributed by atoms with Crippen molar-refractivity contribution in [1.82, 2.24) is 10.2 Å². The van der Waals surface area contributed by atoms with Gasteiger partial charge in [0.1, 0.15) is 5.75 Å². The van der Waals surface area contributed by atoms with Crippen LogP contribution in [0.1, 0.15) is 46.1 Å². The van der Waals surface area contributed by atoms with Crippen molar-refractivity contribution in [1.29, 1.82) is 0 Å². The Bertz CT molecular complexity index is 544. The first-order chi connectivity index (χ1) is 12.1. The lowest BCUT2D eigenvalue weighted by Crippen LogP contribution is -2.47. The van der Waals surface area contributed by atoms with Crippen LogP contribution in [0.3, 0.4) is 0 Å². The van der Waals surface area contributed by atoms with Gasteiger partial charge in [-0.1, -0.05) is 12.1 Å². The molecule has 0 bridgehead atoms. The number of nitrogens with one attached hydrogen (secondary N) is 1. The lowest BCUT2D eigenvalue weighted by molar-refractivity contribution is 0.0263. The van der Waals surface area contributed by atoms with E-state index >= 15 is 0 Å². The largest absolute Gasteiger partial charge is 0.491 e. The first kappa shape index (κ1) is 23.0. The van der Waals surface area contributed by atoms with Crippen LogP contribution in [-0.2, 0) is 11.3 Å². The van der Waals surface area contributed by atoms with Crippen LogP contribution in [0.5, 0.6) is 5.75 Å². The van der Waals surface area contributed by atoms with Crippen LogP contribution < -0.4 is 10.1 Å². The second-order valence-corrected chi connectivity index (χ2v) is 6.63. The standard InChI is InChI=1S/C20H33N3O2.HI/c1-5-21-20(23-12-10-18(11-13-23)24-6-2)22-15-17-8-7-9-19(14-17)25-16(3)4;/h7-9,14,16,18H,5-6,10-13,15H2,1-4H3,(H,21,22);1H. The molecule has 0 atom stereocenters. The lowest BCUT2D eigenvalue weighted by Gasteiger charge is -2.34. The number of ether oxygens (including phenoxy) is 2. The molecule has 148 valence electrons. The predicted octanol–water partition coefficient (Wildman–Crippen LogP) is 4.06. The number of aliphatic imine (C=N–C) groups is 1. The van der Waals surface area contributed by atoms with E-state index in [-0.39, 0.29) is 30.1 Å². The maximum absolute atomic E-state index is 5.77. The van der Waals surface area contributed by atoms with Gasteiger partial charge in [-0.25, -0.2) is 4.99 Å². The van der Waals surface area contributed by atoms with Crippen LogP contribution in [0.4, 0.5) is 0 Å². The molecule has 0 spiro atoms. The van der Waals surface area contributed by atoms with Gasteiger partial charge in [-0.05, 0) is 58.2 Å². The van der Waals surface area contributed by atoms with E-state index in [0.717, 1.165) is 56.4 Å². The van der Waals surface area contributed by atoms with E-state index in [2.05, 4.69) is 36.2 Å². The smallest absolute Gasteiger partial charge is 0.194 e. The third-order valence-corrected chi connectivity index (χ3v) is 4.16. The molecule has 1 N–H and O–H groups in total. The van der Waals surface area contributed by atoms with Crippen LogP contribution in [0.15, 0.2) is 29.3 Å². The summed E-state index contributed by atoms with van der Waals surface area (Å²) in [6, 6.07) is 8.20. The average molecular weight is 475 g/mol. The average Bonchev–Trinajstić information content (AvgIpc) is 2.59. The maximum atomic E-state index is 5.77. The van der Waals surface area contributed by atoms with Crippen LogP contribution in [0.2, 0.25) is 0 Å². The summed E-state index contributed by atoms with van der Waals surface area (Å²) in [6.07, 6.45) is 2.71. The molecule has 0 radical (unpaired) electrons. The molecular formula is C20H34IN3O2. The summed E-state index contributed by atoms with van der Waals surface area (Å²) >= 11 is 0. The molecule has 0 aliphatic carbocycles. The van der Waals surface area contributed by atoms with Crippen molar-refractivity contribution >= 4 is 29.9 Å². The summed E-state index contributed by atoms with van der Waals surface area (Å²) in [5.41, 5.74) is 1.16. The minimum absolute atomic E-state index is 0. The Morgan fingerprint density at radius 1 is 1.27 bits per heavy atom. The fraction of sp³-hybridized carbons (Fsp3) is 0.650. The topological polar surface area (TPSA) is 46.1 Å². The van der Waals surface area contributed by atoms with Crippen LogP contribution in [0, 0.1) is 0 Å². The van der Waals surface area contributed by atoms with Gasteiger partial charge in [0, 0.05) is 26.2 Å². The predicted molar refractivity (Wildman–Crippen MR) is 119 cm³/mol. The minimum Gasteiger partial charge on any atom is -0.491 e. The normalized spacial score (nSPS) is 15.7. The number of halogens is 1. The Morgan fingerprint density at radius 2 is 2.00 bits per heavy atom. The quantitative estimate of drug-likeness (QED) is 0.367. The Hall–Kier alpha value is -1.02. The molecule has 6 heteroatoms. The molecule has 0 unspecified atom stereocenters. The molecule has 0 amide bonds. The summed E-state index contributed by atoms with van der Waals surface area (Å²) < 4.78 is 11.5. The second-order valence-electron chi connectivity index (χ2n) is 6.63. The van der Waals surface area contributed by atoms with Crippen molar-refractivity contribution in [2.45, 2.75) is 59.3 Å². The fourth-order valence-electron chi connectivity index (χ4n) is 3.05. The molecule has 2 rings (SSSR count). The minimum atomic E-state index is 0. The molecular weight excluding hydrogens is 441 g/mol. The molecule has 1 heterocycles. The molecule has 0 aromatic heterocycles. The van der Waals surface area contributed by atoms with Gasteiger partial charge in [-0.3, -0.25) is 0 Å². The highest BCUT2D eigenvalue weighted by atomic mass is 127. The van der Waals surface area contributed by atoms with Crippen molar-refractivity contribution in [2.75, 3.05) is 26.2 Å². The molecule has 1 saturated heterocycles. The van der Waals surface area contributed by atoms with Crippen molar-refractivity contribution in [2.24, 2.45) is 4.99 Å². The van der Waals surface area contributed by atoms with Crippen molar-refractivity contribution in [3.63, 3.8) is 0 Å². The molecule has 26 heavy (non-hydrogen) atoms. The number of likely N-dealkylation sites (tertiary alicyclic amines) is 1. The highest BCUT2D eigenvalue weighted by Crippen LogP contribution is 2.17. The van der Waals surface area contributed by atoms with Crippen LogP contribution in [0.25, 0.3) is 0 Å². The van der Waals surface area contributed by atoms with Gasteiger partial charge >= 0.3 is 0 Å². The third-order valence-electron chi connectivity index (χ3n) is 4.16. The summed E-state index contributed by atoms with van der Waals surface area (Å²) in [7, 11) is 0. The van der Waals surface area contributed by atoms with E-state index in [1.54, 1.807) is 0 Å². The Morgan fingerprint density at radius 3 is 2.62 bits per heavy atom. The molecule has 5 nitrogen and oxygen atoms in total. The van der Waals surface area contributed by atoms with E-state index in [4.69, 9.17) is 14.5 Å². The van der Waals surface area contributed by atoms with E-state index in [0.29, 0.717) is 12.6 Å². The zero-order valence-electron chi connectivity index (χ0n) is 16.5. The highest BCUT2D eigenvalue weighted by molar-refractivity contribution is 14.0. The van der Waals surface area contributed by atoms with Gasteiger partial charge in [-0.15, -0.1) is 24.0 Å². The Kier molecular flexibility index (Phi) is 11.0. The molecule has 1 aromatic rings. The molecule has 1 fully saturated rings. The van der Waals surface area contributed by atoms with Gasteiger partial charge in [0.15, 0.2) is 5.96 Å². The molecule has 1 aromatic carbocycles. The number of hydrogen-bond donors (Lipinski definition) is 1. The summed E-state index contributed by atoms with van der Waals surface area (Å²) in [5.74, 6) is 1.90. The van der Waals surface area contributed by atoms with Gasteiger partial charge in [0.05, 0.1) is 18.8 Å². The fourth-order valence-corrected chi connectivity index (χ4v) is 3.05. The number of guanidine groups is 1.